The van der Waals surface area contributed by atoms with E-state index in [0.717, 1.165) is 34.4 Å². The van der Waals surface area contributed by atoms with Gasteiger partial charge in [-0.1, -0.05) is 0 Å². The van der Waals surface area contributed by atoms with Gasteiger partial charge in [-0.25, -0.2) is 13.8 Å². The van der Waals surface area contributed by atoms with Crippen LogP contribution < -0.4 is 10.1 Å². The van der Waals surface area contributed by atoms with Crippen molar-refractivity contribution in [2.45, 2.75) is 31.8 Å². The normalized spacial score (nSPS) is 14.6. The fraction of sp³-hybridized carbons (Fsp3) is 0.391. The maximum absolute atomic E-state index is 12.4. The Morgan fingerprint density at radius 2 is 2.17 bits per heavy atom. The molecule has 184 valence electrons. The monoisotopic (exact) mass is 502 g/mol. The van der Waals surface area contributed by atoms with E-state index in [1.807, 2.05) is 30.1 Å². The highest BCUT2D eigenvalue weighted by Gasteiger charge is 2.22. The predicted octanol–water partition coefficient (Wildman–Crippen LogP) is 3.36. The molecule has 1 aliphatic heterocycles. The minimum atomic E-state index is -2.59. The number of aromatic nitrogens is 5. The van der Waals surface area contributed by atoms with E-state index < -0.39 is 18.9 Å². The number of nitrogens with zero attached hydrogens (tertiary/aromatic N) is 5. The van der Waals surface area contributed by atoms with E-state index in [-0.39, 0.29) is 6.10 Å². The number of halogens is 2. The summed E-state index contributed by atoms with van der Waals surface area (Å²) < 4.78 is 40.3. The van der Waals surface area contributed by atoms with Gasteiger partial charge in [-0.15, -0.1) is 11.3 Å². The molecular formula is C23H24F2N6O3S. The van der Waals surface area contributed by atoms with Gasteiger partial charge in [0, 0.05) is 49.0 Å². The number of rotatable bonds is 8. The van der Waals surface area contributed by atoms with Crippen molar-refractivity contribution in [3.8, 4) is 11.6 Å². The summed E-state index contributed by atoms with van der Waals surface area (Å²) in [6, 6.07) is 3.58. The maximum Gasteiger partial charge on any atom is 0.255 e. The van der Waals surface area contributed by atoms with Gasteiger partial charge in [0.05, 0.1) is 42.7 Å². The van der Waals surface area contributed by atoms with E-state index >= 15 is 0 Å². The van der Waals surface area contributed by atoms with Crippen LogP contribution in [-0.2, 0) is 18.2 Å². The van der Waals surface area contributed by atoms with Crippen LogP contribution in [0.1, 0.15) is 33.9 Å². The van der Waals surface area contributed by atoms with Gasteiger partial charge >= 0.3 is 0 Å². The van der Waals surface area contributed by atoms with Crippen molar-refractivity contribution in [2.24, 2.45) is 7.05 Å². The van der Waals surface area contributed by atoms with Crippen molar-refractivity contribution < 1.29 is 23.0 Å². The minimum Gasteiger partial charge on any atom is -0.473 e. The van der Waals surface area contributed by atoms with Crippen LogP contribution in [0.15, 0.2) is 36.1 Å². The number of thiophene rings is 1. The molecule has 0 radical (unpaired) electrons. The van der Waals surface area contributed by atoms with Crippen LogP contribution in [0.3, 0.4) is 0 Å². The zero-order chi connectivity index (χ0) is 24.4. The lowest BCUT2D eigenvalue weighted by molar-refractivity contribution is 0.0242. The third-order valence-electron chi connectivity index (χ3n) is 5.63. The SMILES string of the molecule is Cn1cc(-n2ccc3nc(Cc4cc(C(=O)NCC(F)F)cs4)nc(OC4CCOCC4)c32)cn1. The molecule has 0 bridgehead atoms. The van der Waals surface area contributed by atoms with Crippen molar-refractivity contribution in [3.05, 3.63) is 52.4 Å². The van der Waals surface area contributed by atoms with E-state index in [9.17, 15) is 13.6 Å². The summed E-state index contributed by atoms with van der Waals surface area (Å²) in [4.78, 5) is 22.4. The van der Waals surface area contributed by atoms with Crippen LogP contribution in [-0.4, -0.2) is 62.5 Å². The van der Waals surface area contributed by atoms with E-state index in [2.05, 4.69) is 10.4 Å². The van der Waals surface area contributed by atoms with Gasteiger partial charge in [0.2, 0.25) is 5.88 Å². The Morgan fingerprint density at radius 3 is 2.91 bits per heavy atom. The van der Waals surface area contributed by atoms with E-state index in [4.69, 9.17) is 19.4 Å². The molecule has 0 aromatic carbocycles. The molecule has 1 N–H and O–H groups in total. The standard InChI is InChI=1S/C23H24F2N6O3S/c1-30-12-15(10-27-30)31-5-2-18-21(31)23(34-16-3-6-33-7-4-16)29-20(28-18)9-17-8-14(13-35-17)22(32)26-11-19(24)25/h2,5,8,10,12-13,16,19H,3-4,6-7,9,11H2,1H3,(H,26,32). The van der Waals surface area contributed by atoms with Crippen molar-refractivity contribution in [1.29, 1.82) is 0 Å². The van der Waals surface area contributed by atoms with Crippen molar-refractivity contribution in [3.63, 3.8) is 0 Å². The molecule has 0 unspecified atom stereocenters. The Bertz CT molecular complexity index is 1330. The fourth-order valence-corrected chi connectivity index (χ4v) is 4.80. The largest absolute Gasteiger partial charge is 0.473 e. The van der Waals surface area contributed by atoms with Crippen LogP contribution in [0.2, 0.25) is 0 Å². The fourth-order valence-electron chi connectivity index (χ4n) is 3.94. The lowest BCUT2D eigenvalue weighted by Crippen LogP contribution is -2.28. The van der Waals surface area contributed by atoms with Crippen molar-refractivity contribution in [2.75, 3.05) is 19.8 Å². The number of nitrogens with one attached hydrogen (secondary N) is 1. The van der Waals surface area contributed by atoms with Crippen LogP contribution in [0.5, 0.6) is 5.88 Å². The molecule has 35 heavy (non-hydrogen) atoms. The highest BCUT2D eigenvalue weighted by Crippen LogP contribution is 2.30. The molecule has 0 spiro atoms. The number of amides is 1. The summed E-state index contributed by atoms with van der Waals surface area (Å²) >= 11 is 1.36. The zero-order valence-electron chi connectivity index (χ0n) is 19.0. The van der Waals surface area contributed by atoms with Gasteiger partial charge in [-0.05, 0) is 12.1 Å². The lowest BCUT2D eigenvalue weighted by atomic mass is 10.1. The van der Waals surface area contributed by atoms with E-state index in [1.165, 1.54) is 11.3 Å². The number of ether oxygens (including phenoxy) is 2. The second kappa shape index (κ2) is 10.1. The number of alkyl halides is 2. The Balaban J connectivity index is 1.45. The van der Waals surface area contributed by atoms with Crippen molar-refractivity contribution in [1.82, 2.24) is 29.6 Å². The average molecular weight is 503 g/mol. The molecule has 1 aliphatic rings. The Labute approximate surface area is 203 Å². The number of aryl methyl sites for hydroxylation is 1. The molecule has 1 amide bonds. The topological polar surface area (TPSA) is 96.1 Å². The van der Waals surface area contributed by atoms with Crippen molar-refractivity contribution >= 4 is 28.3 Å². The molecular weight excluding hydrogens is 478 g/mol. The van der Waals surface area contributed by atoms with Gasteiger partial charge in [0.25, 0.3) is 12.3 Å². The lowest BCUT2D eigenvalue weighted by Gasteiger charge is -2.23. The van der Waals surface area contributed by atoms with Gasteiger partial charge < -0.3 is 19.4 Å². The number of fused-ring (bicyclic) bond motifs is 1. The Kier molecular flexibility index (Phi) is 6.73. The molecule has 5 heterocycles. The molecule has 1 fully saturated rings. The smallest absolute Gasteiger partial charge is 0.255 e. The number of hydrogen-bond donors (Lipinski definition) is 1. The van der Waals surface area contributed by atoms with Crippen LogP contribution in [0, 0.1) is 0 Å². The molecule has 0 atom stereocenters. The molecule has 0 aliphatic carbocycles. The van der Waals surface area contributed by atoms with Crippen LogP contribution in [0.25, 0.3) is 16.7 Å². The summed E-state index contributed by atoms with van der Waals surface area (Å²) in [6.45, 7) is 0.604. The molecule has 9 nitrogen and oxygen atoms in total. The average Bonchev–Trinajstić information content (AvgIpc) is 3.58. The van der Waals surface area contributed by atoms with Crippen LogP contribution >= 0.6 is 11.3 Å². The third-order valence-corrected chi connectivity index (χ3v) is 6.57. The van der Waals surface area contributed by atoms with Gasteiger partial charge in [-0.2, -0.15) is 10.1 Å². The predicted molar refractivity (Wildman–Crippen MR) is 126 cm³/mol. The zero-order valence-corrected chi connectivity index (χ0v) is 19.8. The quantitative estimate of drug-likeness (QED) is 0.397. The van der Waals surface area contributed by atoms with Gasteiger partial charge in [0.15, 0.2) is 0 Å². The highest BCUT2D eigenvalue weighted by atomic mass is 32.1. The summed E-state index contributed by atoms with van der Waals surface area (Å²) in [5.41, 5.74) is 2.69. The molecule has 5 rings (SSSR count). The van der Waals surface area contributed by atoms with Gasteiger partial charge in [0.1, 0.15) is 17.4 Å². The highest BCUT2D eigenvalue weighted by molar-refractivity contribution is 7.10. The maximum atomic E-state index is 12.4. The van der Waals surface area contributed by atoms with Gasteiger partial charge in [-0.3, -0.25) is 9.48 Å². The first kappa shape index (κ1) is 23.4. The summed E-state index contributed by atoms with van der Waals surface area (Å²) in [5, 5.41) is 8.13. The second-order valence-corrected chi connectivity index (χ2v) is 9.24. The van der Waals surface area contributed by atoms with E-state index in [1.54, 1.807) is 22.3 Å². The summed E-state index contributed by atoms with van der Waals surface area (Å²) in [6.07, 6.45) is 4.89. The van der Waals surface area contributed by atoms with Crippen LogP contribution in [0.4, 0.5) is 8.78 Å². The van der Waals surface area contributed by atoms with E-state index in [0.29, 0.717) is 36.9 Å². The molecule has 1 saturated heterocycles. The first-order valence-electron chi connectivity index (χ1n) is 11.2. The Morgan fingerprint density at radius 1 is 1.34 bits per heavy atom. The second-order valence-electron chi connectivity index (χ2n) is 8.25. The Hall–Kier alpha value is -3.38. The molecule has 0 saturated carbocycles. The molecule has 4 aromatic rings. The molecule has 4 aromatic heterocycles. The first-order chi connectivity index (χ1) is 17.0. The number of carbonyl (C=O) groups is 1. The first-order valence-corrected chi connectivity index (χ1v) is 12.1. The summed E-state index contributed by atoms with van der Waals surface area (Å²) in [5.74, 6) is 0.503. The summed E-state index contributed by atoms with van der Waals surface area (Å²) in [7, 11) is 1.85. The third kappa shape index (κ3) is 5.33. The number of hydrogen-bond acceptors (Lipinski definition) is 7. The molecule has 12 heteroatoms. The minimum absolute atomic E-state index is 0.0150. The number of carbonyl (C=O) groups excluding carboxylic acids is 1.